The van der Waals surface area contributed by atoms with E-state index in [2.05, 4.69) is 11.5 Å². The molecule has 0 aliphatic heterocycles. The summed E-state index contributed by atoms with van der Waals surface area (Å²) in [6.07, 6.45) is 0. The Labute approximate surface area is 109 Å². The number of nitrogens with two attached hydrogens (primary N) is 1. The highest BCUT2D eigenvalue weighted by atomic mass is 16.2. The van der Waals surface area contributed by atoms with Gasteiger partial charge in [-0.2, -0.15) is 0 Å². The molecule has 0 spiro atoms. The number of hydrogen-bond donors (Lipinski definition) is 2. The highest BCUT2D eigenvalue weighted by Gasteiger charge is 2.21. The van der Waals surface area contributed by atoms with Gasteiger partial charge in [-0.3, -0.25) is 10.2 Å². The molecular weight excluding hydrogens is 226 g/mol. The fourth-order valence-corrected chi connectivity index (χ4v) is 2.13. The first-order valence-electron chi connectivity index (χ1n) is 6.06. The lowest BCUT2D eigenvalue weighted by Crippen LogP contribution is -2.42. The topological polar surface area (TPSA) is 58.4 Å². The van der Waals surface area contributed by atoms with Crippen molar-refractivity contribution in [3.05, 3.63) is 33.9 Å². The summed E-state index contributed by atoms with van der Waals surface area (Å²) in [7, 11) is 3.54. The van der Waals surface area contributed by atoms with Crippen LogP contribution in [0.15, 0.2) is 6.07 Å². The fraction of sp³-hybridized carbons (Fsp3) is 0.500. The summed E-state index contributed by atoms with van der Waals surface area (Å²) in [4.78, 5) is 12.0. The van der Waals surface area contributed by atoms with E-state index in [0.717, 1.165) is 16.7 Å². The third-order valence-corrected chi connectivity index (χ3v) is 3.35. The molecule has 4 nitrogen and oxygen atoms in total. The lowest BCUT2D eigenvalue weighted by molar-refractivity contribution is -0.126. The Bertz CT molecular complexity index is 440. The molecule has 4 heteroatoms. The zero-order chi connectivity index (χ0) is 14.0. The van der Waals surface area contributed by atoms with Crippen LogP contribution < -0.4 is 11.2 Å². The van der Waals surface area contributed by atoms with Gasteiger partial charge in [0.05, 0.1) is 0 Å². The Morgan fingerprint density at radius 3 is 2.00 bits per heavy atom. The number of aryl methyl sites for hydroxylation is 2. The minimum Gasteiger partial charge on any atom is -0.316 e. The Morgan fingerprint density at radius 1 is 1.17 bits per heavy atom. The molecule has 1 atom stereocenters. The molecule has 1 aromatic carbocycles. The molecule has 3 N–H and O–H groups in total. The van der Waals surface area contributed by atoms with Crippen LogP contribution in [0.5, 0.6) is 0 Å². The number of hydrogen-bond acceptors (Lipinski definition) is 3. The smallest absolute Gasteiger partial charge is 0.255 e. The fourth-order valence-electron chi connectivity index (χ4n) is 2.13. The minimum atomic E-state index is -0.633. The highest BCUT2D eigenvalue weighted by molar-refractivity contribution is 5.83. The molecule has 0 aliphatic carbocycles. The van der Waals surface area contributed by atoms with Crippen LogP contribution in [0, 0.1) is 27.7 Å². The van der Waals surface area contributed by atoms with Crippen LogP contribution in [-0.4, -0.2) is 25.0 Å². The Hall–Kier alpha value is -1.39. The van der Waals surface area contributed by atoms with Crippen molar-refractivity contribution in [3.63, 3.8) is 0 Å². The van der Waals surface area contributed by atoms with Gasteiger partial charge in [0.1, 0.15) is 6.04 Å². The van der Waals surface area contributed by atoms with Crippen LogP contribution in [0.3, 0.4) is 0 Å². The SMILES string of the molecule is Cc1cc(C)c(C)c(C(N)C(=O)NN(C)C)c1C. The molecule has 0 fully saturated rings. The first-order chi connectivity index (χ1) is 8.25. The Morgan fingerprint density at radius 2 is 1.61 bits per heavy atom. The second kappa shape index (κ2) is 5.50. The Kier molecular flexibility index (Phi) is 4.48. The van der Waals surface area contributed by atoms with Gasteiger partial charge in [-0.15, -0.1) is 0 Å². The maximum atomic E-state index is 12.0. The summed E-state index contributed by atoms with van der Waals surface area (Å²) < 4.78 is 0. The van der Waals surface area contributed by atoms with Gasteiger partial charge < -0.3 is 5.73 Å². The zero-order valence-electron chi connectivity index (χ0n) is 12.1. The molecule has 0 aliphatic rings. The van der Waals surface area contributed by atoms with Gasteiger partial charge in [-0.1, -0.05) is 6.07 Å². The number of carbonyl (C=O) groups is 1. The number of nitrogens with one attached hydrogen (secondary N) is 1. The van der Waals surface area contributed by atoms with Gasteiger partial charge in [-0.05, 0) is 55.5 Å². The van der Waals surface area contributed by atoms with Crippen LogP contribution >= 0.6 is 0 Å². The molecular formula is C14H23N3O. The molecule has 0 heterocycles. The van der Waals surface area contributed by atoms with E-state index in [1.165, 1.54) is 11.1 Å². The standard InChI is InChI=1S/C14H23N3O/c1-8-7-9(2)11(4)12(10(8)3)13(15)14(18)16-17(5)6/h7,13H,15H2,1-6H3,(H,16,18). The molecule has 0 radical (unpaired) electrons. The van der Waals surface area contributed by atoms with Crippen LogP contribution in [-0.2, 0) is 4.79 Å². The van der Waals surface area contributed by atoms with Gasteiger partial charge in [0.15, 0.2) is 0 Å². The van der Waals surface area contributed by atoms with Gasteiger partial charge in [0, 0.05) is 14.1 Å². The molecule has 0 saturated carbocycles. The van der Waals surface area contributed by atoms with E-state index < -0.39 is 6.04 Å². The van der Waals surface area contributed by atoms with E-state index in [1.54, 1.807) is 19.1 Å². The van der Waals surface area contributed by atoms with Crippen LogP contribution in [0.4, 0.5) is 0 Å². The number of nitrogens with zero attached hydrogens (tertiary/aromatic N) is 1. The zero-order valence-corrected chi connectivity index (χ0v) is 12.1. The van der Waals surface area contributed by atoms with Crippen molar-refractivity contribution in [2.45, 2.75) is 33.7 Å². The van der Waals surface area contributed by atoms with E-state index in [0.29, 0.717) is 0 Å². The number of amides is 1. The second-order valence-corrected chi connectivity index (χ2v) is 5.02. The first-order valence-corrected chi connectivity index (χ1v) is 6.06. The minimum absolute atomic E-state index is 0.184. The summed E-state index contributed by atoms with van der Waals surface area (Å²) in [5.41, 5.74) is 14.3. The van der Waals surface area contributed by atoms with Crippen molar-refractivity contribution in [3.8, 4) is 0 Å². The number of hydrazine groups is 1. The molecule has 1 amide bonds. The first kappa shape index (κ1) is 14.7. The van der Waals surface area contributed by atoms with Crippen molar-refractivity contribution in [2.75, 3.05) is 14.1 Å². The molecule has 1 unspecified atom stereocenters. The molecule has 100 valence electrons. The molecule has 0 bridgehead atoms. The van der Waals surface area contributed by atoms with Crippen molar-refractivity contribution in [1.82, 2.24) is 10.4 Å². The molecule has 1 rings (SSSR count). The van der Waals surface area contributed by atoms with Gasteiger partial charge >= 0.3 is 0 Å². The molecule has 0 saturated heterocycles. The molecule has 1 aromatic rings. The number of rotatable bonds is 3. The number of benzene rings is 1. The average molecular weight is 249 g/mol. The van der Waals surface area contributed by atoms with E-state index >= 15 is 0 Å². The third-order valence-electron chi connectivity index (χ3n) is 3.35. The lowest BCUT2D eigenvalue weighted by atomic mass is 9.90. The lowest BCUT2D eigenvalue weighted by Gasteiger charge is -2.22. The quantitative estimate of drug-likeness (QED) is 0.798. The third kappa shape index (κ3) is 2.89. The van der Waals surface area contributed by atoms with Crippen molar-refractivity contribution in [2.24, 2.45) is 5.73 Å². The van der Waals surface area contributed by atoms with Crippen LogP contribution in [0.1, 0.15) is 33.9 Å². The van der Waals surface area contributed by atoms with E-state index in [4.69, 9.17) is 5.73 Å². The van der Waals surface area contributed by atoms with Crippen LogP contribution in [0.25, 0.3) is 0 Å². The molecule has 0 aromatic heterocycles. The Balaban J connectivity index is 3.20. The average Bonchev–Trinajstić information content (AvgIpc) is 2.25. The highest BCUT2D eigenvalue weighted by Crippen LogP contribution is 2.26. The van der Waals surface area contributed by atoms with Gasteiger partial charge in [0.25, 0.3) is 5.91 Å². The largest absolute Gasteiger partial charge is 0.316 e. The van der Waals surface area contributed by atoms with E-state index in [9.17, 15) is 4.79 Å². The van der Waals surface area contributed by atoms with Crippen molar-refractivity contribution < 1.29 is 4.79 Å². The monoisotopic (exact) mass is 249 g/mol. The predicted octanol–water partition coefficient (Wildman–Crippen LogP) is 1.51. The maximum Gasteiger partial charge on any atom is 0.255 e. The maximum absolute atomic E-state index is 12.0. The van der Waals surface area contributed by atoms with Gasteiger partial charge in [0.2, 0.25) is 0 Å². The summed E-state index contributed by atoms with van der Waals surface area (Å²) in [6.45, 7) is 8.11. The summed E-state index contributed by atoms with van der Waals surface area (Å²) in [6, 6.07) is 1.50. The summed E-state index contributed by atoms with van der Waals surface area (Å²) in [5, 5.41) is 1.61. The normalized spacial score (nSPS) is 12.7. The number of carbonyl (C=O) groups excluding carboxylic acids is 1. The van der Waals surface area contributed by atoms with E-state index in [1.807, 2.05) is 27.7 Å². The summed E-state index contributed by atoms with van der Waals surface area (Å²) in [5.74, 6) is -0.184. The van der Waals surface area contributed by atoms with E-state index in [-0.39, 0.29) is 5.91 Å². The molecule has 18 heavy (non-hydrogen) atoms. The van der Waals surface area contributed by atoms with Gasteiger partial charge in [-0.25, -0.2) is 5.01 Å². The second-order valence-electron chi connectivity index (χ2n) is 5.02. The predicted molar refractivity (Wildman–Crippen MR) is 74.1 cm³/mol. The summed E-state index contributed by atoms with van der Waals surface area (Å²) >= 11 is 0. The van der Waals surface area contributed by atoms with Crippen LogP contribution in [0.2, 0.25) is 0 Å². The van der Waals surface area contributed by atoms with Crippen molar-refractivity contribution >= 4 is 5.91 Å². The van der Waals surface area contributed by atoms with Crippen molar-refractivity contribution in [1.29, 1.82) is 0 Å².